The van der Waals surface area contributed by atoms with E-state index in [1.165, 1.54) is 6.92 Å². The molecule has 1 aromatic rings. The number of hydrogen-bond donors (Lipinski definition) is 1. The van der Waals surface area contributed by atoms with Crippen LogP contribution in [0.15, 0.2) is 12.1 Å². The Bertz CT molecular complexity index is 602. The van der Waals surface area contributed by atoms with Crippen LogP contribution in [0.5, 0.6) is 0 Å². The van der Waals surface area contributed by atoms with Gasteiger partial charge in [-0.2, -0.15) is 13.2 Å². The topological polar surface area (TPSA) is 78.2 Å². The van der Waals surface area contributed by atoms with Crippen LogP contribution in [0, 0.1) is 15.9 Å². The number of rotatable bonds is 4. The average molecular weight is 356 g/mol. The van der Waals surface area contributed by atoms with E-state index in [1.54, 1.807) is 20.8 Å². The maximum Gasteiger partial charge on any atom is 0.419 e. The van der Waals surface area contributed by atoms with Crippen LogP contribution in [0.2, 0.25) is 0 Å². The Morgan fingerprint density at radius 2 is 1.78 bits per heavy atom. The first kappa shape index (κ1) is 19.7. The van der Waals surface area contributed by atoms with Gasteiger partial charge in [-0.05, 0) is 27.7 Å². The lowest BCUT2D eigenvalue weighted by Crippen LogP contribution is -2.40. The van der Waals surface area contributed by atoms with Crippen LogP contribution in [-0.2, 0) is 17.5 Å². The summed E-state index contributed by atoms with van der Waals surface area (Å²) in [5.41, 5.74) is -3.18. The molecule has 0 fully saturated rings. The van der Waals surface area contributed by atoms with Gasteiger partial charge >= 0.3 is 6.18 Å². The number of nitrogens with one attached hydrogen (secondary N) is 1. The maximum atomic E-state index is 14.1. The predicted molar refractivity (Wildman–Crippen MR) is 77.5 cm³/mol. The van der Waals surface area contributed by atoms with Crippen LogP contribution in [0.3, 0.4) is 0 Å². The third-order valence-corrected chi connectivity index (χ3v) is 4.59. The second-order valence-corrected chi connectivity index (χ2v) is 7.87. The average Bonchev–Trinajstić information content (AvgIpc) is 2.35. The van der Waals surface area contributed by atoms with Crippen LogP contribution in [0.1, 0.15) is 44.9 Å². The molecule has 0 radical (unpaired) electrons. The van der Waals surface area contributed by atoms with Crippen molar-refractivity contribution in [3.8, 4) is 0 Å². The highest BCUT2D eigenvalue weighted by Gasteiger charge is 2.39. The summed E-state index contributed by atoms with van der Waals surface area (Å²) in [6, 6.07) is -0.259. The van der Waals surface area contributed by atoms with Gasteiger partial charge in [0.1, 0.15) is 10.6 Å². The second kappa shape index (κ2) is 6.62. The van der Waals surface area contributed by atoms with E-state index in [0.717, 1.165) is 0 Å². The van der Waals surface area contributed by atoms with Gasteiger partial charge in [-0.15, -0.1) is 4.72 Å². The van der Waals surface area contributed by atoms with Gasteiger partial charge in [0.05, 0.1) is 16.5 Å². The molecule has 23 heavy (non-hydrogen) atoms. The third kappa shape index (κ3) is 4.79. The Morgan fingerprint density at radius 3 is 2.17 bits per heavy atom. The van der Waals surface area contributed by atoms with E-state index >= 15 is 0 Å². The van der Waals surface area contributed by atoms with Crippen molar-refractivity contribution in [2.45, 2.75) is 44.7 Å². The third-order valence-electron chi connectivity index (χ3n) is 2.91. The Kier molecular flexibility index (Phi) is 5.65. The smallest absolute Gasteiger partial charge is 0.419 e. The normalized spacial score (nSPS) is 15.3. The standard InChI is InChI=1S/C13H16F4N2O3S/c1-7(18-23(22)12(2,3)4)9-5-8(19(20)21)6-10(11(9)14)13(15,16)17/h5-7,18H,1-4H3/t7-,23?/m1/s1. The van der Waals surface area contributed by atoms with E-state index in [9.17, 15) is 32.2 Å². The van der Waals surface area contributed by atoms with E-state index in [1.807, 2.05) is 0 Å². The summed E-state index contributed by atoms with van der Waals surface area (Å²) in [5.74, 6) is -1.62. The minimum absolute atomic E-state index is 0.145. The minimum Gasteiger partial charge on any atom is -0.598 e. The van der Waals surface area contributed by atoms with Gasteiger partial charge in [0, 0.05) is 29.1 Å². The molecule has 5 nitrogen and oxygen atoms in total. The molecule has 0 amide bonds. The molecule has 1 N–H and O–H groups in total. The Labute approximate surface area is 133 Å². The fraction of sp³-hybridized carbons (Fsp3) is 0.538. The fourth-order valence-corrected chi connectivity index (χ4v) is 2.46. The molecule has 10 heteroatoms. The monoisotopic (exact) mass is 356 g/mol. The summed E-state index contributed by atoms with van der Waals surface area (Å²) in [4.78, 5) is 9.75. The summed E-state index contributed by atoms with van der Waals surface area (Å²) in [6.45, 7) is 6.14. The van der Waals surface area contributed by atoms with Crippen molar-refractivity contribution in [2.24, 2.45) is 0 Å². The highest BCUT2D eigenvalue weighted by molar-refractivity contribution is 7.90. The summed E-state index contributed by atoms with van der Waals surface area (Å²) in [5, 5.41) is 10.8. The van der Waals surface area contributed by atoms with Gasteiger partial charge in [0.15, 0.2) is 0 Å². The van der Waals surface area contributed by atoms with Crippen molar-refractivity contribution in [1.82, 2.24) is 4.72 Å². The van der Waals surface area contributed by atoms with Crippen molar-refractivity contribution in [3.05, 3.63) is 39.2 Å². The van der Waals surface area contributed by atoms with Gasteiger partial charge in [-0.25, -0.2) is 4.39 Å². The summed E-state index contributed by atoms with van der Waals surface area (Å²) < 4.78 is 66.4. The van der Waals surface area contributed by atoms with Crippen LogP contribution in [0.25, 0.3) is 0 Å². The lowest BCUT2D eigenvalue weighted by atomic mass is 10.0. The highest BCUT2D eigenvalue weighted by Crippen LogP contribution is 2.37. The van der Waals surface area contributed by atoms with E-state index in [0.29, 0.717) is 6.07 Å². The number of non-ortho nitro benzene ring substituents is 1. The molecule has 0 heterocycles. The lowest BCUT2D eigenvalue weighted by Gasteiger charge is -2.27. The van der Waals surface area contributed by atoms with Crippen LogP contribution >= 0.6 is 0 Å². The van der Waals surface area contributed by atoms with E-state index < -0.39 is 55.9 Å². The molecule has 0 aliphatic rings. The van der Waals surface area contributed by atoms with Crippen molar-refractivity contribution < 1.29 is 27.0 Å². The van der Waals surface area contributed by atoms with Crippen molar-refractivity contribution in [1.29, 1.82) is 0 Å². The molecular formula is C13H16F4N2O3S. The zero-order chi connectivity index (χ0) is 18.2. The molecule has 1 unspecified atom stereocenters. The van der Waals surface area contributed by atoms with Crippen molar-refractivity contribution >= 4 is 17.0 Å². The number of alkyl halides is 3. The van der Waals surface area contributed by atoms with E-state index in [2.05, 4.69) is 4.72 Å². The van der Waals surface area contributed by atoms with Gasteiger partial charge in [0.2, 0.25) is 0 Å². The second-order valence-electron chi connectivity index (χ2n) is 5.87. The molecule has 1 aromatic carbocycles. The predicted octanol–water partition coefficient (Wildman–Crippen LogP) is 3.87. The number of nitro groups is 1. The van der Waals surface area contributed by atoms with Gasteiger partial charge in [0.25, 0.3) is 5.69 Å². The molecule has 2 atom stereocenters. The quantitative estimate of drug-likeness (QED) is 0.384. The number of hydrogen-bond acceptors (Lipinski definition) is 4. The molecule has 1 rings (SSSR count). The molecule has 0 aromatic heterocycles. The summed E-state index contributed by atoms with van der Waals surface area (Å²) in [7, 11) is 0. The molecule has 0 aliphatic heterocycles. The molecule has 130 valence electrons. The molecule has 0 aliphatic carbocycles. The van der Waals surface area contributed by atoms with Crippen LogP contribution in [-0.4, -0.2) is 14.2 Å². The number of halogens is 4. The van der Waals surface area contributed by atoms with Crippen LogP contribution < -0.4 is 4.72 Å². The first-order valence-electron chi connectivity index (χ1n) is 6.48. The first-order chi connectivity index (χ1) is 10.2. The zero-order valence-electron chi connectivity index (χ0n) is 12.8. The Balaban J connectivity index is 3.34. The number of benzene rings is 1. The summed E-state index contributed by atoms with van der Waals surface area (Å²) >= 11 is -1.69. The van der Waals surface area contributed by atoms with Gasteiger partial charge in [-0.1, -0.05) is 0 Å². The lowest BCUT2D eigenvalue weighted by molar-refractivity contribution is -0.385. The van der Waals surface area contributed by atoms with E-state index in [4.69, 9.17) is 0 Å². The Hall–Kier alpha value is -1.39. The highest BCUT2D eigenvalue weighted by atomic mass is 32.2. The van der Waals surface area contributed by atoms with Gasteiger partial charge < -0.3 is 4.55 Å². The fourth-order valence-electron chi connectivity index (χ4n) is 1.66. The maximum absolute atomic E-state index is 14.1. The zero-order valence-corrected chi connectivity index (χ0v) is 13.6. The number of nitrogens with zero attached hydrogens (tertiary/aromatic N) is 1. The van der Waals surface area contributed by atoms with Crippen LogP contribution in [0.4, 0.5) is 23.2 Å². The Morgan fingerprint density at radius 1 is 1.26 bits per heavy atom. The molecule has 0 saturated heterocycles. The number of nitro benzene ring substituents is 1. The minimum atomic E-state index is -5.08. The largest absolute Gasteiger partial charge is 0.598 e. The molecule has 0 bridgehead atoms. The van der Waals surface area contributed by atoms with Crippen molar-refractivity contribution in [3.63, 3.8) is 0 Å². The first-order valence-corrected chi connectivity index (χ1v) is 7.63. The van der Waals surface area contributed by atoms with E-state index in [-0.39, 0.29) is 6.07 Å². The summed E-state index contributed by atoms with van der Waals surface area (Å²) in [6.07, 6.45) is -5.08. The molecular weight excluding hydrogens is 340 g/mol. The van der Waals surface area contributed by atoms with Crippen molar-refractivity contribution in [2.75, 3.05) is 0 Å². The SMILES string of the molecule is C[C@@H](N[S+]([O-])C(C)(C)C)c1cc([N+](=O)[O-])cc(C(F)(F)F)c1F. The molecule has 0 spiro atoms. The van der Waals surface area contributed by atoms with Gasteiger partial charge in [-0.3, -0.25) is 10.1 Å². The molecule has 0 saturated carbocycles.